The molecule has 0 saturated carbocycles. The van der Waals surface area contributed by atoms with Gasteiger partial charge >= 0.3 is 0 Å². The highest BCUT2D eigenvalue weighted by atomic mass is 16.6. The molecule has 11 nitrogen and oxygen atoms in total. The Morgan fingerprint density at radius 1 is 1.06 bits per heavy atom. The molecule has 0 atom stereocenters. The Morgan fingerprint density at radius 3 is 2.41 bits per heavy atom. The van der Waals surface area contributed by atoms with E-state index in [2.05, 4.69) is 15.3 Å². The number of carbonyl (C=O) groups is 2. The van der Waals surface area contributed by atoms with Gasteiger partial charge in [0.05, 0.1) is 23.4 Å². The number of amides is 2. The van der Waals surface area contributed by atoms with Crippen molar-refractivity contribution < 1.29 is 19.2 Å². The van der Waals surface area contributed by atoms with Crippen molar-refractivity contribution in [1.29, 1.82) is 0 Å². The second-order valence-electron chi connectivity index (χ2n) is 7.88. The Kier molecular flexibility index (Phi) is 6.55. The third kappa shape index (κ3) is 4.89. The minimum atomic E-state index is -0.484. The van der Waals surface area contributed by atoms with E-state index >= 15 is 0 Å². The van der Waals surface area contributed by atoms with E-state index in [0.717, 1.165) is 13.1 Å². The van der Waals surface area contributed by atoms with Crippen molar-refractivity contribution in [3.63, 3.8) is 0 Å². The molecular weight excluding hydrogens is 440 g/mol. The van der Waals surface area contributed by atoms with Crippen LogP contribution in [-0.4, -0.2) is 76.7 Å². The van der Waals surface area contributed by atoms with E-state index in [1.807, 2.05) is 7.05 Å². The van der Waals surface area contributed by atoms with E-state index in [-0.39, 0.29) is 17.3 Å². The first kappa shape index (κ1) is 22.9. The lowest BCUT2D eigenvalue weighted by atomic mass is 10.1. The highest BCUT2D eigenvalue weighted by molar-refractivity contribution is 6.05. The van der Waals surface area contributed by atoms with E-state index in [0.29, 0.717) is 35.8 Å². The highest BCUT2D eigenvalue weighted by Crippen LogP contribution is 2.27. The number of hydrogen-bond acceptors (Lipinski definition) is 7. The Labute approximate surface area is 195 Å². The lowest BCUT2D eigenvalue weighted by Crippen LogP contribution is -2.47. The van der Waals surface area contributed by atoms with Crippen molar-refractivity contribution >= 4 is 23.2 Å². The molecule has 176 valence electrons. The molecule has 1 fully saturated rings. The van der Waals surface area contributed by atoms with Gasteiger partial charge in [-0.05, 0) is 43.4 Å². The topological polar surface area (TPSA) is 123 Å². The number of anilines is 1. The molecule has 1 aromatic heterocycles. The number of carbonyl (C=O) groups excluding carboxylic acids is 2. The first-order valence-corrected chi connectivity index (χ1v) is 10.6. The van der Waals surface area contributed by atoms with Crippen LogP contribution in [0, 0.1) is 10.1 Å². The zero-order valence-corrected chi connectivity index (χ0v) is 18.8. The normalized spacial score (nSPS) is 14.0. The largest absolute Gasteiger partial charge is 0.495 e. The van der Waals surface area contributed by atoms with Gasteiger partial charge in [0.15, 0.2) is 5.69 Å². The summed E-state index contributed by atoms with van der Waals surface area (Å²) in [6.07, 6.45) is 1.58. The molecule has 0 aliphatic carbocycles. The van der Waals surface area contributed by atoms with Crippen LogP contribution in [0.4, 0.5) is 11.4 Å². The molecule has 34 heavy (non-hydrogen) atoms. The molecule has 0 radical (unpaired) electrons. The van der Waals surface area contributed by atoms with Crippen molar-refractivity contribution in [2.24, 2.45) is 0 Å². The van der Waals surface area contributed by atoms with Crippen molar-refractivity contribution in [3.05, 3.63) is 76.1 Å². The predicted octanol–water partition coefficient (Wildman–Crippen LogP) is 2.43. The Bertz CT molecular complexity index is 1210. The summed E-state index contributed by atoms with van der Waals surface area (Å²) < 4.78 is 6.80. The summed E-state index contributed by atoms with van der Waals surface area (Å²) in [7, 11) is 3.50. The summed E-state index contributed by atoms with van der Waals surface area (Å²) in [6.45, 7) is 2.90. The third-order valence-electron chi connectivity index (χ3n) is 5.63. The van der Waals surface area contributed by atoms with Gasteiger partial charge in [0.2, 0.25) is 0 Å². The molecule has 3 aromatic rings. The van der Waals surface area contributed by atoms with Gasteiger partial charge in [-0.3, -0.25) is 19.7 Å². The predicted molar refractivity (Wildman–Crippen MR) is 125 cm³/mol. The van der Waals surface area contributed by atoms with Gasteiger partial charge in [0.25, 0.3) is 17.5 Å². The van der Waals surface area contributed by atoms with Crippen molar-refractivity contribution in [3.8, 4) is 11.4 Å². The molecule has 1 N–H and O–H groups in total. The summed E-state index contributed by atoms with van der Waals surface area (Å²) in [5.41, 5.74) is 1.49. The molecule has 2 amide bonds. The van der Waals surface area contributed by atoms with Crippen LogP contribution in [0.2, 0.25) is 0 Å². The molecule has 11 heteroatoms. The van der Waals surface area contributed by atoms with Crippen LogP contribution in [-0.2, 0) is 0 Å². The summed E-state index contributed by atoms with van der Waals surface area (Å²) in [6, 6.07) is 12.3. The lowest BCUT2D eigenvalue weighted by Gasteiger charge is -2.32. The number of ether oxygens (including phenoxy) is 1. The average molecular weight is 464 g/mol. The van der Waals surface area contributed by atoms with E-state index in [9.17, 15) is 19.7 Å². The molecule has 2 aromatic carbocycles. The van der Waals surface area contributed by atoms with Crippen LogP contribution in [0.5, 0.6) is 5.75 Å². The number of nitrogens with one attached hydrogen (secondary N) is 1. The number of nitro groups is 1. The van der Waals surface area contributed by atoms with Crippen LogP contribution < -0.4 is 10.1 Å². The SMILES string of the molecule is COc1ccc(C(=O)N2CCN(C)CC2)cc1NC(=O)c1ccn(-c2ccc([N+](=O)[O-])cc2)n1. The minimum Gasteiger partial charge on any atom is -0.495 e. The fraction of sp³-hybridized carbons (Fsp3) is 0.261. The van der Waals surface area contributed by atoms with Crippen LogP contribution in [0.3, 0.4) is 0 Å². The van der Waals surface area contributed by atoms with E-state index in [1.165, 1.54) is 30.0 Å². The van der Waals surface area contributed by atoms with Gasteiger partial charge in [0.1, 0.15) is 5.75 Å². The second-order valence-corrected chi connectivity index (χ2v) is 7.88. The summed E-state index contributed by atoms with van der Waals surface area (Å²) in [5.74, 6) is -0.171. The fourth-order valence-electron chi connectivity index (χ4n) is 3.63. The number of non-ortho nitro benzene ring substituents is 1. The maximum Gasteiger partial charge on any atom is 0.276 e. The maximum atomic E-state index is 12.9. The molecule has 1 aliphatic heterocycles. The monoisotopic (exact) mass is 464 g/mol. The van der Waals surface area contributed by atoms with Gasteiger partial charge < -0.3 is 19.9 Å². The molecule has 0 bridgehead atoms. The minimum absolute atomic E-state index is 0.0352. The van der Waals surface area contributed by atoms with Gasteiger partial charge in [-0.1, -0.05) is 0 Å². The first-order chi connectivity index (χ1) is 16.4. The smallest absolute Gasteiger partial charge is 0.276 e. The third-order valence-corrected chi connectivity index (χ3v) is 5.63. The van der Waals surface area contributed by atoms with Gasteiger partial charge in [-0.2, -0.15) is 5.10 Å². The number of hydrogen-bond donors (Lipinski definition) is 1. The zero-order valence-electron chi connectivity index (χ0n) is 18.8. The number of nitrogens with zero attached hydrogens (tertiary/aromatic N) is 5. The fourth-order valence-corrected chi connectivity index (χ4v) is 3.63. The molecule has 1 aliphatic rings. The first-order valence-electron chi connectivity index (χ1n) is 10.6. The van der Waals surface area contributed by atoms with E-state index < -0.39 is 10.8 Å². The quantitative estimate of drug-likeness (QED) is 0.439. The zero-order chi connectivity index (χ0) is 24.2. The van der Waals surface area contributed by atoms with Crippen molar-refractivity contribution in [1.82, 2.24) is 19.6 Å². The Balaban J connectivity index is 1.50. The van der Waals surface area contributed by atoms with E-state index in [1.54, 1.807) is 41.4 Å². The number of rotatable bonds is 6. The Morgan fingerprint density at radius 2 is 1.76 bits per heavy atom. The second kappa shape index (κ2) is 9.71. The van der Waals surface area contributed by atoms with Crippen LogP contribution in [0.1, 0.15) is 20.8 Å². The number of benzene rings is 2. The lowest BCUT2D eigenvalue weighted by molar-refractivity contribution is -0.384. The summed E-state index contributed by atoms with van der Waals surface area (Å²) in [5, 5.41) is 17.9. The van der Waals surface area contributed by atoms with Crippen molar-refractivity contribution in [2.45, 2.75) is 0 Å². The molecule has 0 spiro atoms. The van der Waals surface area contributed by atoms with Crippen LogP contribution in [0.25, 0.3) is 5.69 Å². The number of nitro benzene ring substituents is 1. The molecule has 0 unspecified atom stereocenters. The van der Waals surface area contributed by atoms with Crippen LogP contribution >= 0.6 is 0 Å². The number of aromatic nitrogens is 2. The van der Waals surface area contributed by atoms with Crippen molar-refractivity contribution in [2.75, 3.05) is 45.7 Å². The highest BCUT2D eigenvalue weighted by Gasteiger charge is 2.22. The summed E-state index contributed by atoms with van der Waals surface area (Å²) in [4.78, 5) is 40.1. The molecule has 2 heterocycles. The van der Waals surface area contributed by atoms with E-state index in [4.69, 9.17) is 4.74 Å². The maximum absolute atomic E-state index is 12.9. The summed E-state index contributed by atoms with van der Waals surface area (Å²) >= 11 is 0. The number of methoxy groups -OCH3 is 1. The van der Waals surface area contributed by atoms with Crippen LogP contribution in [0.15, 0.2) is 54.7 Å². The average Bonchev–Trinajstić information content (AvgIpc) is 3.35. The van der Waals surface area contributed by atoms with Gasteiger partial charge in [-0.15, -0.1) is 0 Å². The van der Waals surface area contributed by atoms with Gasteiger partial charge in [-0.25, -0.2) is 4.68 Å². The molecule has 4 rings (SSSR count). The molecule has 1 saturated heterocycles. The standard InChI is InChI=1S/C23H24N6O5/c1-26-11-13-27(14-12-26)23(31)16-3-8-21(34-2)20(15-16)24-22(30)19-9-10-28(25-19)17-4-6-18(7-5-17)29(32)33/h3-10,15H,11-14H2,1-2H3,(H,24,30). The van der Waals surface area contributed by atoms with Gasteiger partial charge in [0, 0.05) is 50.1 Å². The number of piperazine rings is 1. The number of likely N-dealkylation sites (N-methyl/N-ethyl adjacent to an activating group) is 1. The molecular formula is C23H24N6O5. The Hall–Kier alpha value is -4.25.